The van der Waals surface area contributed by atoms with Crippen LogP contribution in [0.15, 0.2) is 53.9 Å². The number of nitriles is 1. The van der Waals surface area contributed by atoms with Crippen LogP contribution < -0.4 is 10.6 Å². The number of carbonyl (C=O) groups is 2. The summed E-state index contributed by atoms with van der Waals surface area (Å²) in [4.78, 5) is 25.7. The number of hydrogen-bond donors (Lipinski definition) is 3. The zero-order chi connectivity index (χ0) is 24.3. The van der Waals surface area contributed by atoms with Crippen LogP contribution in [0.25, 0.3) is 0 Å². The Hall–Kier alpha value is -4.23. The lowest BCUT2D eigenvalue weighted by molar-refractivity contribution is -0.116. The number of carbonyl (C=O) groups excluding carboxylic acids is 2. The van der Waals surface area contributed by atoms with Crippen molar-refractivity contribution in [3.63, 3.8) is 0 Å². The van der Waals surface area contributed by atoms with E-state index in [-0.39, 0.29) is 34.8 Å². The normalized spacial score (nSPS) is 11.5. The molecule has 0 radical (unpaired) electrons. The molecule has 3 rings (SSSR count). The Kier molecular flexibility index (Phi) is 10.0. The molecular weight excluding hydrogens is 404 g/mol. The van der Waals surface area contributed by atoms with Crippen LogP contribution in [0.5, 0.6) is 5.75 Å². The number of hydrogen-bond acceptors (Lipinski definition) is 6. The van der Waals surface area contributed by atoms with E-state index in [1.807, 2.05) is 50.2 Å². The lowest BCUT2D eigenvalue weighted by atomic mass is 9.97. The number of rotatable bonds is 6. The number of phenols is 1. The molecule has 7 heteroatoms. The van der Waals surface area contributed by atoms with E-state index in [0.29, 0.717) is 12.2 Å². The number of amides is 1. The number of anilines is 1. The standard InChI is InChI=1S/C21H20N4O3.C2H6.C2H2/c1-25(2)21(28)15-8-14(11-22)9-17(20(15)27)24-19-16(10-18(19)26)23-12-13-6-4-3-5-7-13;2*1-2/h3-9,23-24,27H,10,12H2,1-2H3;1-2H3;1-2H. The number of ketones is 1. The molecule has 0 spiro atoms. The highest BCUT2D eigenvalue weighted by Gasteiger charge is 2.29. The van der Waals surface area contributed by atoms with Crippen LogP contribution in [0.3, 0.4) is 0 Å². The Labute approximate surface area is 189 Å². The minimum atomic E-state index is -0.436. The van der Waals surface area contributed by atoms with Crippen molar-refractivity contribution in [2.24, 2.45) is 0 Å². The lowest BCUT2D eigenvalue weighted by Gasteiger charge is -2.25. The van der Waals surface area contributed by atoms with E-state index in [1.165, 1.54) is 17.0 Å². The molecule has 32 heavy (non-hydrogen) atoms. The van der Waals surface area contributed by atoms with Gasteiger partial charge < -0.3 is 20.6 Å². The van der Waals surface area contributed by atoms with Gasteiger partial charge in [0.15, 0.2) is 11.5 Å². The highest BCUT2D eigenvalue weighted by Crippen LogP contribution is 2.34. The molecule has 0 aliphatic heterocycles. The van der Waals surface area contributed by atoms with Gasteiger partial charge in [0, 0.05) is 26.3 Å². The van der Waals surface area contributed by atoms with E-state index >= 15 is 0 Å². The molecule has 0 saturated heterocycles. The second kappa shape index (κ2) is 12.5. The average molecular weight is 433 g/mol. The molecule has 0 heterocycles. The third-order valence-electron chi connectivity index (χ3n) is 4.40. The first kappa shape index (κ1) is 25.8. The summed E-state index contributed by atoms with van der Waals surface area (Å²) >= 11 is 0. The Morgan fingerprint density at radius 3 is 2.34 bits per heavy atom. The summed E-state index contributed by atoms with van der Waals surface area (Å²) in [5.41, 5.74) is 2.46. The van der Waals surface area contributed by atoms with E-state index in [0.717, 1.165) is 11.3 Å². The van der Waals surface area contributed by atoms with Gasteiger partial charge in [0.25, 0.3) is 5.91 Å². The fourth-order valence-electron chi connectivity index (χ4n) is 2.83. The molecule has 1 amide bonds. The van der Waals surface area contributed by atoms with Crippen LogP contribution in [0.2, 0.25) is 0 Å². The molecular formula is C25H28N4O3. The summed E-state index contributed by atoms with van der Waals surface area (Å²) in [6.45, 7) is 4.56. The van der Waals surface area contributed by atoms with E-state index in [1.54, 1.807) is 14.1 Å². The van der Waals surface area contributed by atoms with Gasteiger partial charge in [-0.25, -0.2) is 0 Å². The number of aromatic hydroxyl groups is 1. The molecule has 166 valence electrons. The number of nitrogens with zero attached hydrogens (tertiary/aromatic N) is 2. The highest BCUT2D eigenvalue weighted by atomic mass is 16.3. The third kappa shape index (κ3) is 6.13. The van der Waals surface area contributed by atoms with Crippen LogP contribution in [-0.4, -0.2) is 35.8 Å². The molecule has 0 aromatic heterocycles. The number of terminal acetylenes is 1. The second-order valence-corrected chi connectivity index (χ2v) is 6.65. The van der Waals surface area contributed by atoms with Crippen molar-refractivity contribution < 1.29 is 14.7 Å². The van der Waals surface area contributed by atoms with Gasteiger partial charge in [-0.2, -0.15) is 5.26 Å². The van der Waals surface area contributed by atoms with Crippen molar-refractivity contribution in [2.75, 3.05) is 19.4 Å². The smallest absolute Gasteiger partial charge is 0.257 e. The largest absolute Gasteiger partial charge is 0.505 e. The Morgan fingerprint density at radius 2 is 1.81 bits per heavy atom. The predicted molar refractivity (Wildman–Crippen MR) is 126 cm³/mol. The van der Waals surface area contributed by atoms with Gasteiger partial charge in [-0.05, 0) is 17.7 Å². The molecule has 2 aromatic carbocycles. The summed E-state index contributed by atoms with van der Waals surface area (Å²) < 4.78 is 0. The Bertz CT molecular complexity index is 1050. The molecule has 0 bridgehead atoms. The first-order chi connectivity index (χ1) is 15.4. The number of Topliss-reactive ketones (excluding diaryl/α,β-unsaturated/α-hetero) is 1. The van der Waals surface area contributed by atoms with Gasteiger partial charge in [-0.1, -0.05) is 44.2 Å². The number of nitrogens with one attached hydrogen (secondary N) is 2. The molecule has 1 aliphatic rings. The van der Waals surface area contributed by atoms with Gasteiger partial charge in [-0.15, -0.1) is 12.8 Å². The zero-order valence-corrected chi connectivity index (χ0v) is 18.8. The van der Waals surface area contributed by atoms with Gasteiger partial charge in [0.2, 0.25) is 0 Å². The number of allylic oxidation sites excluding steroid dienone is 2. The fourth-order valence-corrected chi connectivity index (χ4v) is 2.83. The molecule has 7 nitrogen and oxygen atoms in total. The van der Waals surface area contributed by atoms with Crippen molar-refractivity contribution in [1.29, 1.82) is 5.26 Å². The van der Waals surface area contributed by atoms with Crippen LogP contribution in [0.1, 0.15) is 41.8 Å². The maximum atomic E-state index is 12.3. The zero-order valence-electron chi connectivity index (χ0n) is 18.8. The monoisotopic (exact) mass is 432 g/mol. The summed E-state index contributed by atoms with van der Waals surface area (Å²) in [6, 6.07) is 14.5. The maximum Gasteiger partial charge on any atom is 0.257 e. The SMILES string of the molecule is C#C.CC.CN(C)C(=O)c1cc(C#N)cc(NC2=C(NCc3ccccc3)CC2=O)c1O. The fraction of sp³-hybridized carbons (Fsp3) is 0.240. The van der Waals surface area contributed by atoms with Gasteiger partial charge in [0.05, 0.1) is 29.3 Å². The first-order valence-electron chi connectivity index (χ1n) is 10.0. The summed E-state index contributed by atoms with van der Waals surface area (Å²) in [6.07, 6.45) is 8.26. The van der Waals surface area contributed by atoms with E-state index < -0.39 is 5.91 Å². The maximum absolute atomic E-state index is 12.3. The average Bonchev–Trinajstić information content (AvgIpc) is 2.83. The van der Waals surface area contributed by atoms with Crippen molar-refractivity contribution in [3.05, 3.63) is 70.5 Å². The van der Waals surface area contributed by atoms with Crippen LogP contribution in [0, 0.1) is 24.2 Å². The summed E-state index contributed by atoms with van der Waals surface area (Å²) in [7, 11) is 3.11. The van der Waals surface area contributed by atoms with Crippen molar-refractivity contribution in [2.45, 2.75) is 26.8 Å². The molecule has 0 fully saturated rings. The van der Waals surface area contributed by atoms with Gasteiger partial charge in [0.1, 0.15) is 5.70 Å². The van der Waals surface area contributed by atoms with Crippen LogP contribution >= 0.6 is 0 Å². The van der Waals surface area contributed by atoms with Crippen LogP contribution in [0.4, 0.5) is 5.69 Å². The summed E-state index contributed by atoms with van der Waals surface area (Å²) in [5.74, 6) is -0.848. The second-order valence-electron chi connectivity index (χ2n) is 6.65. The van der Waals surface area contributed by atoms with Crippen molar-refractivity contribution >= 4 is 17.4 Å². The first-order valence-corrected chi connectivity index (χ1v) is 10.0. The molecule has 3 N–H and O–H groups in total. The Morgan fingerprint density at radius 1 is 1.19 bits per heavy atom. The molecule has 0 atom stereocenters. The molecule has 0 unspecified atom stereocenters. The molecule has 1 aliphatic carbocycles. The highest BCUT2D eigenvalue weighted by molar-refractivity contribution is 6.07. The Balaban J connectivity index is 0.00000121. The topological polar surface area (TPSA) is 105 Å². The lowest BCUT2D eigenvalue weighted by Crippen LogP contribution is -2.32. The minimum Gasteiger partial charge on any atom is -0.505 e. The third-order valence-corrected chi connectivity index (χ3v) is 4.40. The van der Waals surface area contributed by atoms with Gasteiger partial charge >= 0.3 is 0 Å². The molecule has 0 saturated carbocycles. The van der Waals surface area contributed by atoms with E-state index in [9.17, 15) is 20.0 Å². The van der Waals surface area contributed by atoms with Crippen molar-refractivity contribution in [1.82, 2.24) is 10.2 Å². The van der Waals surface area contributed by atoms with E-state index in [2.05, 4.69) is 23.5 Å². The minimum absolute atomic E-state index is 0.00211. The number of benzene rings is 2. The van der Waals surface area contributed by atoms with Crippen molar-refractivity contribution in [3.8, 4) is 24.7 Å². The van der Waals surface area contributed by atoms with Crippen LogP contribution in [-0.2, 0) is 11.3 Å². The molecule has 2 aromatic rings. The predicted octanol–water partition coefficient (Wildman–Crippen LogP) is 3.63. The quantitative estimate of drug-likeness (QED) is 0.476. The summed E-state index contributed by atoms with van der Waals surface area (Å²) in [5, 5.41) is 25.8. The number of phenolic OH excluding ortho intramolecular Hbond substituents is 1. The van der Waals surface area contributed by atoms with E-state index in [4.69, 9.17) is 0 Å². The van der Waals surface area contributed by atoms with Gasteiger partial charge in [-0.3, -0.25) is 9.59 Å².